The van der Waals surface area contributed by atoms with Gasteiger partial charge in [-0.05, 0) is 53.8 Å². The van der Waals surface area contributed by atoms with Gasteiger partial charge in [0.2, 0.25) is 0 Å². The molecule has 0 aliphatic carbocycles. The van der Waals surface area contributed by atoms with E-state index in [9.17, 15) is 26.3 Å². The molecule has 1 atom stereocenters. The van der Waals surface area contributed by atoms with Crippen LogP contribution >= 0.6 is 24.4 Å². The van der Waals surface area contributed by atoms with Crippen molar-refractivity contribution in [2.75, 3.05) is 13.2 Å². The summed E-state index contributed by atoms with van der Waals surface area (Å²) in [6.07, 6.45) is 0.469. The molecule has 2 N–H and O–H groups in total. The minimum absolute atomic E-state index is 0.0122. The van der Waals surface area contributed by atoms with Crippen LogP contribution in [0.2, 0.25) is 0 Å². The predicted octanol–water partition coefficient (Wildman–Crippen LogP) is 5.37. The molecule has 0 amide bonds. The number of hydrogen-bond acceptors (Lipinski definition) is 5. The molecule has 1 aliphatic heterocycles. The van der Waals surface area contributed by atoms with Crippen LogP contribution in [0.15, 0.2) is 86.0 Å². The lowest BCUT2D eigenvalue weighted by Gasteiger charge is -2.29. The maximum absolute atomic E-state index is 13.0. The molecule has 0 spiro atoms. The van der Waals surface area contributed by atoms with Gasteiger partial charge in [-0.15, -0.1) is 0 Å². The van der Waals surface area contributed by atoms with Gasteiger partial charge >= 0.3 is 12.4 Å². The maximum atomic E-state index is 13.0. The predicted molar refractivity (Wildman–Crippen MR) is 146 cm³/mol. The molecular weight excluding hydrogens is 590 g/mol. The normalized spacial score (nSPS) is 16.9. The first-order valence-electron chi connectivity index (χ1n) is 11.9. The number of aromatic nitrogens is 4. The first-order chi connectivity index (χ1) is 19.4. The summed E-state index contributed by atoms with van der Waals surface area (Å²) in [6.45, 7) is -0.0655. The molecule has 7 nitrogen and oxygen atoms in total. The highest BCUT2D eigenvalue weighted by Crippen LogP contribution is 2.36. The monoisotopic (exact) mass is 612 g/mol. The van der Waals surface area contributed by atoms with E-state index in [1.165, 1.54) is 0 Å². The van der Waals surface area contributed by atoms with Gasteiger partial charge in [0.15, 0.2) is 10.2 Å². The van der Waals surface area contributed by atoms with Crippen LogP contribution < -0.4 is 10.6 Å². The van der Waals surface area contributed by atoms with Crippen LogP contribution in [0.25, 0.3) is 0 Å². The number of nitrogens with zero attached hydrogens (tertiary/aromatic N) is 4. The molecule has 0 saturated carbocycles. The Labute approximate surface area is 241 Å². The number of imidazole rings is 2. The number of nitrogens with one attached hydrogen (secondary N) is 2. The fraction of sp³-hybridized carbons (Fsp3) is 0.231. The maximum Gasteiger partial charge on any atom is 0.416 e. The number of halogens is 6. The zero-order valence-electron chi connectivity index (χ0n) is 21.0. The fourth-order valence-corrected chi connectivity index (χ4v) is 4.45. The molecule has 1 saturated heterocycles. The number of hydrogen-bond donors (Lipinski definition) is 2. The van der Waals surface area contributed by atoms with E-state index < -0.39 is 35.6 Å². The van der Waals surface area contributed by atoms with E-state index in [0.717, 1.165) is 5.56 Å². The average Bonchev–Trinajstić information content (AvgIpc) is 3.71. The Bertz CT molecular complexity index is 1390. The van der Waals surface area contributed by atoms with Gasteiger partial charge in [0, 0.05) is 31.3 Å². The van der Waals surface area contributed by atoms with Crippen molar-refractivity contribution >= 4 is 34.7 Å². The van der Waals surface area contributed by atoms with Gasteiger partial charge in [0.25, 0.3) is 0 Å². The van der Waals surface area contributed by atoms with Crippen molar-refractivity contribution in [2.45, 2.75) is 24.5 Å². The summed E-state index contributed by atoms with van der Waals surface area (Å²) < 4.78 is 87.0. The highest BCUT2D eigenvalue weighted by atomic mass is 32.1. The lowest BCUT2D eigenvalue weighted by molar-refractivity contribution is -0.143. The van der Waals surface area contributed by atoms with Crippen LogP contribution in [0.5, 0.6) is 0 Å². The zero-order chi connectivity index (χ0) is 29.7. The summed E-state index contributed by atoms with van der Waals surface area (Å²) in [4.78, 5) is 7.79. The van der Waals surface area contributed by atoms with Gasteiger partial charge in [-0.2, -0.15) is 26.3 Å². The molecule has 1 unspecified atom stereocenters. The van der Waals surface area contributed by atoms with Gasteiger partial charge in [-0.1, -0.05) is 30.3 Å². The highest BCUT2D eigenvalue weighted by molar-refractivity contribution is 7.80. The molecule has 3 heterocycles. The highest BCUT2D eigenvalue weighted by Gasteiger charge is 2.39. The topological polar surface area (TPSA) is 68.9 Å². The summed E-state index contributed by atoms with van der Waals surface area (Å²) in [5.74, 6) is 0. The first kappa shape index (κ1) is 30.1. The fourth-order valence-electron chi connectivity index (χ4n) is 3.96. The lowest BCUT2D eigenvalue weighted by Crippen LogP contribution is -2.44. The molecule has 0 radical (unpaired) electrons. The third-order valence-corrected chi connectivity index (χ3v) is 6.61. The third-order valence-electron chi connectivity index (χ3n) is 5.95. The molecule has 1 fully saturated rings. The largest absolute Gasteiger partial charge is 0.416 e. The SMILES string of the molecule is FC(F)(F)c1cc(COCC2(c3ccccc3)CNC(=S)N2)cc(C(F)(F)F)c1.S=C(n1ccnc1)n1ccnc1. The molecule has 15 heteroatoms. The van der Waals surface area contributed by atoms with E-state index >= 15 is 0 Å². The number of thiocarbonyl (C=S) groups is 2. The van der Waals surface area contributed by atoms with E-state index in [1.54, 1.807) is 46.6 Å². The van der Waals surface area contributed by atoms with Crippen LogP contribution in [-0.4, -0.2) is 42.5 Å². The Balaban J connectivity index is 0.000000267. The van der Waals surface area contributed by atoms with Crippen LogP contribution in [0.3, 0.4) is 0 Å². The molecule has 2 aromatic heterocycles. The molecule has 0 bridgehead atoms. The Hall–Kier alpha value is -3.82. The Morgan fingerprint density at radius 3 is 1.90 bits per heavy atom. The van der Waals surface area contributed by atoms with E-state index in [0.29, 0.717) is 28.9 Å². The second-order valence-electron chi connectivity index (χ2n) is 8.89. The van der Waals surface area contributed by atoms with Crippen molar-refractivity contribution < 1.29 is 31.1 Å². The minimum Gasteiger partial charge on any atom is -0.374 e. The second-order valence-corrected chi connectivity index (χ2v) is 9.66. The van der Waals surface area contributed by atoms with Crippen LogP contribution in [0, 0.1) is 0 Å². The van der Waals surface area contributed by atoms with Crippen molar-refractivity contribution in [3.63, 3.8) is 0 Å². The van der Waals surface area contributed by atoms with Crippen LogP contribution in [0.1, 0.15) is 22.3 Å². The molecule has 4 aromatic rings. The molecular formula is C26H22F6N6OS2. The molecule has 5 rings (SSSR count). The summed E-state index contributed by atoms with van der Waals surface area (Å²) in [7, 11) is 0. The van der Waals surface area contributed by atoms with E-state index in [4.69, 9.17) is 29.2 Å². The van der Waals surface area contributed by atoms with Gasteiger partial charge in [0.05, 0.1) is 24.3 Å². The van der Waals surface area contributed by atoms with Crippen molar-refractivity contribution in [1.82, 2.24) is 29.7 Å². The third kappa shape index (κ3) is 7.68. The summed E-state index contributed by atoms with van der Waals surface area (Å²) in [5, 5.41) is 7.06. The number of rotatable bonds is 5. The Morgan fingerprint density at radius 1 is 0.902 bits per heavy atom. The standard InChI is InChI=1S/C19H16F6N2OS.C7H6N4S/c20-18(21,22)14-6-12(7-15(8-14)19(23,24)25)9-28-11-17(10-26-16(29)27-17)13-4-2-1-3-5-13;12-7(10-3-1-8-5-10)11-4-2-9-6-11/h1-8H,9-11H2,(H2,26,27,29);1-6H. The summed E-state index contributed by atoms with van der Waals surface area (Å²) in [5.41, 5.74) is -2.90. The van der Waals surface area contributed by atoms with Crippen molar-refractivity contribution in [3.05, 3.63) is 108 Å². The molecule has 216 valence electrons. The first-order valence-corrected chi connectivity index (χ1v) is 12.7. The summed E-state index contributed by atoms with van der Waals surface area (Å²) in [6, 6.07) is 10.5. The molecule has 41 heavy (non-hydrogen) atoms. The molecule has 2 aromatic carbocycles. The van der Waals surface area contributed by atoms with Crippen molar-refractivity contribution in [1.29, 1.82) is 0 Å². The van der Waals surface area contributed by atoms with Gasteiger partial charge in [-0.3, -0.25) is 9.13 Å². The number of ether oxygens (including phenoxy) is 1. The van der Waals surface area contributed by atoms with E-state index in [1.807, 2.05) is 30.3 Å². The zero-order valence-corrected chi connectivity index (χ0v) is 22.6. The quantitative estimate of drug-likeness (QED) is 0.232. The van der Waals surface area contributed by atoms with Crippen LogP contribution in [-0.2, 0) is 29.2 Å². The Kier molecular flexibility index (Phi) is 9.09. The average molecular weight is 613 g/mol. The van der Waals surface area contributed by atoms with Gasteiger partial charge < -0.3 is 15.4 Å². The number of benzene rings is 2. The smallest absolute Gasteiger partial charge is 0.374 e. The van der Waals surface area contributed by atoms with Crippen molar-refractivity contribution in [2.24, 2.45) is 0 Å². The van der Waals surface area contributed by atoms with Gasteiger partial charge in [-0.25, -0.2) is 9.97 Å². The van der Waals surface area contributed by atoms with E-state index in [2.05, 4.69) is 20.6 Å². The van der Waals surface area contributed by atoms with Crippen LogP contribution in [0.4, 0.5) is 26.3 Å². The minimum atomic E-state index is -4.90. The second kappa shape index (κ2) is 12.4. The summed E-state index contributed by atoms with van der Waals surface area (Å²) >= 11 is 10.2. The number of alkyl halides is 6. The van der Waals surface area contributed by atoms with E-state index in [-0.39, 0.29) is 18.2 Å². The van der Waals surface area contributed by atoms with Gasteiger partial charge in [0.1, 0.15) is 18.2 Å². The van der Waals surface area contributed by atoms with Crippen molar-refractivity contribution in [3.8, 4) is 0 Å². The lowest BCUT2D eigenvalue weighted by atomic mass is 9.92. The molecule has 1 aliphatic rings. The Morgan fingerprint density at radius 2 is 1.46 bits per heavy atom.